The third kappa shape index (κ3) is 6.48. The van der Waals surface area contributed by atoms with Gasteiger partial charge in [-0.25, -0.2) is 4.79 Å². The second-order valence-corrected chi connectivity index (χ2v) is 7.75. The minimum Gasteiger partial charge on any atom is -0.449 e. The number of carbonyl (C=O) groups is 3. The summed E-state index contributed by atoms with van der Waals surface area (Å²) in [7, 11) is 0. The summed E-state index contributed by atoms with van der Waals surface area (Å²) in [6, 6.07) is 7.15. The minimum atomic E-state index is -0.850. The van der Waals surface area contributed by atoms with Gasteiger partial charge in [0.25, 0.3) is 5.91 Å². The lowest BCUT2D eigenvalue weighted by Crippen LogP contribution is -2.41. The summed E-state index contributed by atoms with van der Waals surface area (Å²) in [5, 5.41) is 3.00. The fourth-order valence-electron chi connectivity index (χ4n) is 2.96. The molecular weight excluding hydrogens is 350 g/mol. The predicted octanol–water partition coefficient (Wildman–Crippen LogP) is 3.75. The highest BCUT2D eigenvalue weighted by molar-refractivity contribution is 8.00. The molecule has 1 atom stereocenters. The third-order valence-corrected chi connectivity index (χ3v) is 5.61. The SMILES string of the molecule is CC(=O)CSc1ccccc1C(=O)O[C@H](C)C(=O)NC1CCCCCC1. The van der Waals surface area contributed by atoms with E-state index in [1.807, 2.05) is 0 Å². The predicted molar refractivity (Wildman–Crippen MR) is 102 cm³/mol. The Bertz CT molecular complexity index is 638. The smallest absolute Gasteiger partial charge is 0.340 e. The van der Waals surface area contributed by atoms with Crippen molar-refractivity contribution >= 4 is 29.4 Å². The molecule has 1 N–H and O–H groups in total. The van der Waals surface area contributed by atoms with Crippen molar-refractivity contribution in [1.82, 2.24) is 5.32 Å². The first kappa shape index (κ1) is 20.5. The highest BCUT2D eigenvalue weighted by atomic mass is 32.2. The molecule has 0 spiro atoms. The van der Waals surface area contributed by atoms with Gasteiger partial charge in [-0.05, 0) is 38.8 Å². The van der Waals surface area contributed by atoms with Gasteiger partial charge in [-0.2, -0.15) is 0 Å². The van der Waals surface area contributed by atoms with Crippen LogP contribution < -0.4 is 5.32 Å². The van der Waals surface area contributed by atoms with E-state index >= 15 is 0 Å². The fraction of sp³-hybridized carbons (Fsp3) is 0.550. The Balaban J connectivity index is 1.93. The molecule has 0 saturated heterocycles. The molecule has 0 unspecified atom stereocenters. The molecule has 1 fully saturated rings. The van der Waals surface area contributed by atoms with Gasteiger partial charge >= 0.3 is 5.97 Å². The van der Waals surface area contributed by atoms with Crippen molar-refractivity contribution < 1.29 is 19.1 Å². The van der Waals surface area contributed by atoms with Gasteiger partial charge in [0.1, 0.15) is 5.78 Å². The maximum Gasteiger partial charge on any atom is 0.340 e. The number of amides is 1. The lowest BCUT2D eigenvalue weighted by atomic mass is 10.1. The van der Waals surface area contributed by atoms with Crippen LogP contribution in [-0.2, 0) is 14.3 Å². The first-order valence-corrected chi connectivity index (χ1v) is 10.2. The van der Waals surface area contributed by atoms with Crippen LogP contribution in [0.1, 0.15) is 62.7 Å². The number of ether oxygens (including phenoxy) is 1. The number of esters is 1. The summed E-state index contributed by atoms with van der Waals surface area (Å²) in [6.07, 6.45) is 5.79. The summed E-state index contributed by atoms with van der Waals surface area (Å²) in [4.78, 5) is 36.7. The molecule has 0 bridgehead atoms. The molecule has 0 heterocycles. The van der Waals surface area contributed by atoms with Crippen LogP contribution in [0.25, 0.3) is 0 Å². The Morgan fingerprint density at radius 2 is 1.81 bits per heavy atom. The van der Waals surface area contributed by atoms with Crippen LogP contribution in [0, 0.1) is 0 Å². The molecule has 26 heavy (non-hydrogen) atoms. The van der Waals surface area contributed by atoms with Gasteiger partial charge in [0.2, 0.25) is 0 Å². The van der Waals surface area contributed by atoms with E-state index in [-0.39, 0.29) is 17.7 Å². The van der Waals surface area contributed by atoms with Crippen LogP contribution in [0.2, 0.25) is 0 Å². The zero-order valence-corrected chi connectivity index (χ0v) is 16.3. The molecule has 142 valence electrons. The number of Topliss-reactive ketones (excluding diaryl/α,β-unsaturated/α-hetero) is 1. The summed E-state index contributed by atoms with van der Waals surface area (Å²) >= 11 is 1.30. The first-order valence-electron chi connectivity index (χ1n) is 9.20. The van der Waals surface area contributed by atoms with Crippen molar-refractivity contribution in [1.29, 1.82) is 0 Å². The van der Waals surface area contributed by atoms with Crippen LogP contribution in [0.5, 0.6) is 0 Å². The van der Waals surface area contributed by atoms with Gasteiger partial charge in [0.15, 0.2) is 6.10 Å². The quantitative estimate of drug-likeness (QED) is 0.445. The van der Waals surface area contributed by atoms with Gasteiger partial charge < -0.3 is 10.1 Å². The van der Waals surface area contributed by atoms with Gasteiger partial charge in [-0.3, -0.25) is 9.59 Å². The van der Waals surface area contributed by atoms with E-state index in [0.29, 0.717) is 16.2 Å². The molecule has 0 radical (unpaired) electrons. The van der Waals surface area contributed by atoms with Gasteiger partial charge in [-0.1, -0.05) is 37.8 Å². The van der Waals surface area contributed by atoms with Crippen molar-refractivity contribution in [2.24, 2.45) is 0 Å². The topological polar surface area (TPSA) is 72.5 Å². The van der Waals surface area contributed by atoms with E-state index in [2.05, 4.69) is 5.32 Å². The molecule has 5 nitrogen and oxygen atoms in total. The van der Waals surface area contributed by atoms with Crippen LogP contribution in [-0.4, -0.2) is 35.6 Å². The van der Waals surface area contributed by atoms with E-state index in [1.165, 1.54) is 31.5 Å². The Labute approximate surface area is 159 Å². The maximum absolute atomic E-state index is 12.5. The van der Waals surface area contributed by atoms with Crippen molar-refractivity contribution in [3.8, 4) is 0 Å². The summed E-state index contributed by atoms with van der Waals surface area (Å²) in [5.41, 5.74) is 0.382. The largest absolute Gasteiger partial charge is 0.449 e. The number of hydrogen-bond acceptors (Lipinski definition) is 5. The van der Waals surface area contributed by atoms with Crippen LogP contribution in [0.4, 0.5) is 0 Å². The summed E-state index contributed by atoms with van der Waals surface area (Å²) in [5.74, 6) is -0.462. The monoisotopic (exact) mass is 377 g/mol. The first-order chi connectivity index (χ1) is 12.5. The molecule has 1 aliphatic carbocycles. The number of rotatable bonds is 7. The minimum absolute atomic E-state index is 0.0364. The second-order valence-electron chi connectivity index (χ2n) is 6.73. The Morgan fingerprint density at radius 3 is 2.46 bits per heavy atom. The van der Waals surface area contributed by atoms with Crippen molar-refractivity contribution in [2.45, 2.75) is 69.4 Å². The number of benzene rings is 1. The number of nitrogens with one attached hydrogen (secondary N) is 1. The molecular formula is C20H27NO4S. The van der Waals surface area contributed by atoms with E-state index in [0.717, 1.165) is 25.7 Å². The number of ketones is 1. The zero-order chi connectivity index (χ0) is 18.9. The average Bonchev–Trinajstić information content (AvgIpc) is 2.88. The molecule has 1 aromatic rings. The fourth-order valence-corrected chi connectivity index (χ4v) is 3.80. The van der Waals surface area contributed by atoms with Crippen molar-refractivity contribution in [3.63, 3.8) is 0 Å². The molecule has 1 aromatic carbocycles. The number of thioether (sulfide) groups is 1. The van der Waals surface area contributed by atoms with Crippen LogP contribution in [0.3, 0.4) is 0 Å². The summed E-state index contributed by atoms with van der Waals surface area (Å²) in [6.45, 7) is 3.10. The van der Waals surface area contributed by atoms with Gasteiger partial charge in [0, 0.05) is 10.9 Å². The Kier molecular flexibility index (Phi) is 8.16. The standard InChI is InChI=1S/C20H27NO4S/c1-14(22)13-26-18-12-8-7-11-17(18)20(24)25-15(2)19(23)21-16-9-5-3-4-6-10-16/h7-8,11-12,15-16H,3-6,9-10,13H2,1-2H3,(H,21,23)/t15-/m1/s1. The zero-order valence-electron chi connectivity index (χ0n) is 15.5. The van der Waals surface area contributed by atoms with E-state index in [9.17, 15) is 14.4 Å². The number of carbonyl (C=O) groups excluding carboxylic acids is 3. The molecule has 1 aliphatic rings. The normalized spacial score (nSPS) is 16.4. The lowest BCUT2D eigenvalue weighted by molar-refractivity contribution is -0.129. The second kappa shape index (κ2) is 10.4. The maximum atomic E-state index is 12.5. The van der Waals surface area contributed by atoms with Crippen LogP contribution >= 0.6 is 11.8 Å². The number of hydrogen-bond donors (Lipinski definition) is 1. The lowest BCUT2D eigenvalue weighted by Gasteiger charge is -2.20. The third-order valence-electron chi connectivity index (χ3n) is 4.39. The highest BCUT2D eigenvalue weighted by Gasteiger charge is 2.23. The Hall–Kier alpha value is -1.82. The highest BCUT2D eigenvalue weighted by Crippen LogP contribution is 2.24. The van der Waals surface area contributed by atoms with E-state index < -0.39 is 12.1 Å². The molecule has 2 rings (SSSR count). The van der Waals surface area contributed by atoms with Crippen molar-refractivity contribution in [3.05, 3.63) is 29.8 Å². The molecule has 6 heteroatoms. The average molecular weight is 378 g/mol. The van der Waals surface area contributed by atoms with E-state index in [4.69, 9.17) is 4.74 Å². The molecule has 1 saturated carbocycles. The van der Waals surface area contributed by atoms with Gasteiger partial charge in [0.05, 0.1) is 11.3 Å². The van der Waals surface area contributed by atoms with Crippen molar-refractivity contribution in [2.75, 3.05) is 5.75 Å². The molecule has 1 amide bonds. The van der Waals surface area contributed by atoms with Crippen LogP contribution in [0.15, 0.2) is 29.2 Å². The molecule has 0 aromatic heterocycles. The Morgan fingerprint density at radius 1 is 1.15 bits per heavy atom. The molecule has 0 aliphatic heterocycles. The van der Waals surface area contributed by atoms with E-state index in [1.54, 1.807) is 31.2 Å². The summed E-state index contributed by atoms with van der Waals surface area (Å²) < 4.78 is 5.37. The van der Waals surface area contributed by atoms with Gasteiger partial charge in [-0.15, -0.1) is 11.8 Å².